The second-order valence-electron chi connectivity index (χ2n) is 8.39. The number of nitrogen functional groups attached to an aromatic ring is 1. The van der Waals surface area contributed by atoms with Gasteiger partial charge in [-0.1, -0.05) is 17.7 Å². The van der Waals surface area contributed by atoms with Crippen LogP contribution in [0.1, 0.15) is 51.8 Å². The average Bonchev–Trinajstić information content (AvgIpc) is 3.05. The van der Waals surface area contributed by atoms with Gasteiger partial charge in [0, 0.05) is 18.3 Å². The molecule has 156 valence electrons. The van der Waals surface area contributed by atoms with Gasteiger partial charge >= 0.3 is 0 Å². The Labute approximate surface area is 171 Å². The van der Waals surface area contributed by atoms with Crippen LogP contribution in [0.4, 0.5) is 17.5 Å². The molecule has 0 aliphatic carbocycles. The summed E-state index contributed by atoms with van der Waals surface area (Å²) in [7, 11) is 0. The molecule has 2 heterocycles. The third-order valence-corrected chi connectivity index (χ3v) is 5.13. The molecule has 0 saturated heterocycles. The summed E-state index contributed by atoms with van der Waals surface area (Å²) < 4.78 is 2.00. The minimum absolute atomic E-state index is 0.203. The maximum Gasteiger partial charge on any atom is 0.227 e. The first-order valence-corrected chi connectivity index (χ1v) is 9.88. The first-order valence-electron chi connectivity index (χ1n) is 9.88. The smallest absolute Gasteiger partial charge is 0.227 e. The lowest BCUT2D eigenvalue weighted by Crippen LogP contribution is -2.39. The minimum Gasteiger partial charge on any atom is -0.398 e. The second kappa shape index (κ2) is 7.87. The van der Waals surface area contributed by atoms with Crippen LogP contribution in [0.5, 0.6) is 0 Å². The van der Waals surface area contributed by atoms with Crippen molar-refractivity contribution in [2.45, 2.75) is 65.8 Å². The fraction of sp³-hybridized carbons (Fsp3) is 0.476. The first-order chi connectivity index (χ1) is 13.6. The van der Waals surface area contributed by atoms with Gasteiger partial charge in [0.2, 0.25) is 5.95 Å². The van der Waals surface area contributed by atoms with Gasteiger partial charge in [0.25, 0.3) is 0 Å². The summed E-state index contributed by atoms with van der Waals surface area (Å²) in [6.45, 7) is 12.1. The third-order valence-electron chi connectivity index (χ3n) is 5.13. The number of benzene rings is 1. The van der Waals surface area contributed by atoms with Gasteiger partial charge in [-0.3, -0.25) is 0 Å². The molecular formula is C21H31N7O. The van der Waals surface area contributed by atoms with E-state index in [9.17, 15) is 5.11 Å². The average molecular weight is 398 g/mol. The Balaban J connectivity index is 1.99. The van der Waals surface area contributed by atoms with Crippen LogP contribution in [0.3, 0.4) is 0 Å². The van der Waals surface area contributed by atoms with Crippen molar-refractivity contribution in [3.8, 4) is 0 Å². The Morgan fingerprint density at radius 1 is 1.21 bits per heavy atom. The van der Waals surface area contributed by atoms with E-state index in [1.165, 1.54) is 0 Å². The predicted octanol–water partition coefficient (Wildman–Crippen LogP) is 3.48. The molecule has 3 aromatic rings. The highest BCUT2D eigenvalue weighted by Crippen LogP contribution is 2.25. The highest BCUT2D eigenvalue weighted by Gasteiger charge is 2.24. The largest absolute Gasteiger partial charge is 0.398 e. The molecule has 5 N–H and O–H groups in total. The van der Waals surface area contributed by atoms with Gasteiger partial charge in [-0.25, -0.2) is 4.98 Å². The van der Waals surface area contributed by atoms with Crippen LogP contribution in [-0.4, -0.2) is 36.3 Å². The lowest BCUT2D eigenvalue weighted by atomic mass is 10.0. The van der Waals surface area contributed by atoms with Gasteiger partial charge in [0.15, 0.2) is 17.0 Å². The molecule has 0 spiro atoms. The Bertz CT molecular complexity index is 1000. The van der Waals surface area contributed by atoms with Crippen LogP contribution < -0.4 is 16.4 Å². The Morgan fingerprint density at radius 2 is 1.93 bits per heavy atom. The van der Waals surface area contributed by atoms with Crippen molar-refractivity contribution >= 4 is 28.6 Å². The van der Waals surface area contributed by atoms with Crippen molar-refractivity contribution in [3.05, 3.63) is 35.7 Å². The van der Waals surface area contributed by atoms with Crippen molar-refractivity contribution in [3.63, 3.8) is 0 Å². The van der Waals surface area contributed by atoms with Gasteiger partial charge in [-0.2, -0.15) is 9.97 Å². The lowest BCUT2D eigenvalue weighted by molar-refractivity contribution is 0.0646. The van der Waals surface area contributed by atoms with E-state index in [4.69, 9.17) is 5.73 Å². The van der Waals surface area contributed by atoms with Crippen LogP contribution in [0.25, 0.3) is 11.2 Å². The fourth-order valence-electron chi connectivity index (χ4n) is 2.92. The topological polar surface area (TPSA) is 114 Å². The van der Waals surface area contributed by atoms with Crippen LogP contribution in [0.2, 0.25) is 0 Å². The molecule has 0 aliphatic heterocycles. The van der Waals surface area contributed by atoms with Crippen molar-refractivity contribution in [2.24, 2.45) is 0 Å². The normalized spacial score (nSPS) is 13.1. The number of aliphatic hydroxyl groups is 1. The zero-order chi connectivity index (χ0) is 21.3. The summed E-state index contributed by atoms with van der Waals surface area (Å²) in [4.78, 5) is 13.8. The highest BCUT2D eigenvalue weighted by atomic mass is 16.3. The molecule has 0 bridgehead atoms. The standard InChI is InChI=1S/C21H31N7O/c1-12(2)28-11-24-17-18(23-10-15-9-13(3)7-8-16(15)22)26-20(27-19(17)28)25-14(4)21(5,6)29/h7-9,11-12,14,29H,10,22H2,1-6H3,(H2,23,25,26,27). The van der Waals surface area contributed by atoms with E-state index in [1.807, 2.05) is 30.5 Å². The van der Waals surface area contributed by atoms with E-state index in [2.05, 4.69) is 45.5 Å². The molecule has 0 aliphatic rings. The third kappa shape index (κ3) is 4.59. The molecular weight excluding hydrogens is 366 g/mol. The number of nitrogens with two attached hydrogens (primary N) is 1. The molecule has 1 aromatic carbocycles. The van der Waals surface area contributed by atoms with Crippen LogP contribution in [0.15, 0.2) is 24.5 Å². The summed E-state index contributed by atoms with van der Waals surface area (Å²) in [5.41, 5.74) is 9.52. The van der Waals surface area contributed by atoms with Crippen LogP contribution >= 0.6 is 0 Å². The van der Waals surface area contributed by atoms with E-state index < -0.39 is 5.60 Å². The maximum absolute atomic E-state index is 10.3. The number of hydrogen-bond donors (Lipinski definition) is 4. The number of rotatable bonds is 7. The molecule has 0 fully saturated rings. The zero-order valence-corrected chi connectivity index (χ0v) is 18.0. The quantitative estimate of drug-likeness (QED) is 0.451. The Morgan fingerprint density at radius 3 is 2.59 bits per heavy atom. The molecule has 1 unspecified atom stereocenters. The summed E-state index contributed by atoms with van der Waals surface area (Å²) in [6, 6.07) is 5.92. The molecule has 3 rings (SSSR count). The van der Waals surface area contributed by atoms with E-state index >= 15 is 0 Å². The number of nitrogens with zero attached hydrogens (tertiary/aromatic N) is 4. The zero-order valence-electron chi connectivity index (χ0n) is 18.0. The molecule has 8 heteroatoms. The second-order valence-corrected chi connectivity index (χ2v) is 8.39. The van der Waals surface area contributed by atoms with Crippen molar-refractivity contribution < 1.29 is 5.11 Å². The van der Waals surface area contributed by atoms with E-state index in [0.717, 1.165) is 22.5 Å². The molecule has 29 heavy (non-hydrogen) atoms. The fourth-order valence-corrected chi connectivity index (χ4v) is 2.92. The van der Waals surface area contributed by atoms with Gasteiger partial charge < -0.3 is 26.0 Å². The molecule has 8 nitrogen and oxygen atoms in total. The van der Waals surface area contributed by atoms with Crippen molar-refractivity contribution in [1.29, 1.82) is 0 Å². The first kappa shape index (κ1) is 20.9. The number of aryl methyl sites for hydroxylation is 1. The van der Waals surface area contributed by atoms with Crippen molar-refractivity contribution in [1.82, 2.24) is 19.5 Å². The highest BCUT2D eigenvalue weighted by molar-refractivity contribution is 5.84. The number of nitrogens with one attached hydrogen (secondary N) is 2. The summed E-state index contributed by atoms with van der Waals surface area (Å²) >= 11 is 0. The van der Waals surface area contributed by atoms with Crippen LogP contribution in [0, 0.1) is 6.92 Å². The number of hydrogen-bond acceptors (Lipinski definition) is 7. The van der Waals surface area contributed by atoms with Gasteiger partial charge in [-0.15, -0.1) is 0 Å². The predicted molar refractivity (Wildman–Crippen MR) is 118 cm³/mol. The van der Waals surface area contributed by atoms with Gasteiger partial charge in [0.05, 0.1) is 18.0 Å². The summed E-state index contributed by atoms with van der Waals surface area (Å²) in [6.07, 6.45) is 1.78. The monoisotopic (exact) mass is 397 g/mol. The molecule has 0 amide bonds. The molecule has 1 atom stereocenters. The lowest BCUT2D eigenvalue weighted by Gasteiger charge is -2.26. The number of fused-ring (bicyclic) bond motifs is 1. The van der Waals surface area contributed by atoms with E-state index in [-0.39, 0.29) is 12.1 Å². The summed E-state index contributed by atoms with van der Waals surface area (Å²) in [5, 5.41) is 16.9. The molecule has 0 saturated carbocycles. The molecule has 0 radical (unpaired) electrons. The number of imidazole rings is 1. The van der Waals surface area contributed by atoms with Gasteiger partial charge in [-0.05, 0) is 53.2 Å². The minimum atomic E-state index is -0.916. The maximum atomic E-state index is 10.3. The number of anilines is 3. The SMILES string of the molecule is Cc1ccc(N)c(CNc2nc(NC(C)C(C)(C)O)nc3c2ncn3C(C)C)c1. The number of aromatic nitrogens is 4. The Hall–Kier alpha value is -2.87. The van der Waals surface area contributed by atoms with Crippen LogP contribution in [-0.2, 0) is 6.54 Å². The van der Waals surface area contributed by atoms with Gasteiger partial charge in [0.1, 0.15) is 0 Å². The summed E-state index contributed by atoms with van der Waals surface area (Å²) in [5.74, 6) is 1.06. The van der Waals surface area contributed by atoms with E-state index in [1.54, 1.807) is 20.2 Å². The molecule has 2 aromatic heterocycles. The van der Waals surface area contributed by atoms with Crippen molar-refractivity contribution in [2.75, 3.05) is 16.4 Å². The Kier molecular flexibility index (Phi) is 5.66. The van der Waals surface area contributed by atoms with E-state index in [0.29, 0.717) is 23.8 Å².